The maximum absolute atomic E-state index is 12.5. The highest BCUT2D eigenvalue weighted by Gasteiger charge is 2.31. The minimum absolute atomic E-state index is 0.0531. The standard InChI is InChI=1S/C15H26N2O4/c1-10(2)12(16-14(20)21-15(3,4)5)13(19)17-8-6-11(18)7-9-17/h10,12H,6-9H2,1-5H3,(H,16,20). The summed E-state index contributed by atoms with van der Waals surface area (Å²) in [6, 6.07) is -0.631. The van der Waals surface area contributed by atoms with Crippen LogP contribution in [0.3, 0.4) is 0 Å². The molecule has 1 saturated heterocycles. The Hall–Kier alpha value is -1.59. The lowest BCUT2D eigenvalue weighted by atomic mass is 10.0. The number of rotatable bonds is 3. The minimum Gasteiger partial charge on any atom is -0.444 e. The molecule has 120 valence electrons. The molecule has 0 aromatic heterocycles. The Bertz CT molecular complexity index is 402. The van der Waals surface area contributed by atoms with Gasteiger partial charge in [0, 0.05) is 25.9 Å². The topological polar surface area (TPSA) is 75.7 Å². The molecule has 0 spiro atoms. The number of hydrogen-bond acceptors (Lipinski definition) is 4. The zero-order valence-electron chi connectivity index (χ0n) is 13.6. The van der Waals surface area contributed by atoms with Crippen molar-refractivity contribution in [3.63, 3.8) is 0 Å². The maximum Gasteiger partial charge on any atom is 0.408 e. The largest absolute Gasteiger partial charge is 0.444 e. The first-order chi connectivity index (χ1) is 9.60. The van der Waals surface area contributed by atoms with Crippen molar-refractivity contribution in [1.29, 1.82) is 0 Å². The summed E-state index contributed by atoms with van der Waals surface area (Å²) >= 11 is 0. The van der Waals surface area contributed by atoms with E-state index in [0.717, 1.165) is 0 Å². The Labute approximate surface area is 126 Å². The predicted molar refractivity (Wildman–Crippen MR) is 78.8 cm³/mol. The number of ether oxygens (including phenoxy) is 1. The van der Waals surface area contributed by atoms with E-state index in [4.69, 9.17) is 4.74 Å². The number of hydrogen-bond donors (Lipinski definition) is 1. The third-order valence-electron chi connectivity index (χ3n) is 3.24. The summed E-state index contributed by atoms with van der Waals surface area (Å²) in [5.74, 6) is -0.0220. The molecule has 1 rings (SSSR count). The second-order valence-corrected chi connectivity index (χ2v) is 6.73. The predicted octanol–water partition coefficient (Wildman–Crippen LogP) is 1.73. The van der Waals surface area contributed by atoms with Crippen molar-refractivity contribution in [1.82, 2.24) is 10.2 Å². The van der Waals surface area contributed by atoms with Gasteiger partial charge in [-0.2, -0.15) is 0 Å². The van der Waals surface area contributed by atoms with Gasteiger partial charge < -0.3 is 15.0 Å². The molecule has 0 bridgehead atoms. The van der Waals surface area contributed by atoms with E-state index >= 15 is 0 Å². The van der Waals surface area contributed by atoms with Crippen LogP contribution in [-0.4, -0.2) is 47.4 Å². The van der Waals surface area contributed by atoms with Crippen molar-refractivity contribution in [2.45, 2.75) is 59.1 Å². The van der Waals surface area contributed by atoms with Crippen LogP contribution in [0.2, 0.25) is 0 Å². The summed E-state index contributed by atoms with van der Waals surface area (Å²) in [4.78, 5) is 37.2. The number of ketones is 1. The minimum atomic E-state index is -0.631. The fourth-order valence-electron chi connectivity index (χ4n) is 2.12. The molecule has 0 radical (unpaired) electrons. The van der Waals surface area contributed by atoms with Crippen LogP contribution >= 0.6 is 0 Å². The molecule has 0 aliphatic carbocycles. The van der Waals surface area contributed by atoms with Gasteiger partial charge in [0.25, 0.3) is 0 Å². The van der Waals surface area contributed by atoms with Gasteiger partial charge in [-0.25, -0.2) is 4.79 Å². The molecule has 0 aromatic carbocycles. The molecule has 0 aromatic rings. The fraction of sp³-hybridized carbons (Fsp3) is 0.800. The number of carbonyl (C=O) groups is 3. The Morgan fingerprint density at radius 3 is 2.14 bits per heavy atom. The molecular formula is C15H26N2O4. The van der Waals surface area contributed by atoms with E-state index < -0.39 is 17.7 Å². The van der Waals surface area contributed by atoms with Gasteiger partial charge >= 0.3 is 6.09 Å². The van der Waals surface area contributed by atoms with E-state index in [0.29, 0.717) is 25.9 Å². The van der Waals surface area contributed by atoms with Crippen LogP contribution in [0, 0.1) is 5.92 Å². The van der Waals surface area contributed by atoms with E-state index in [9.17, 15) is 14.4 Å². The van der Waals surface area contributed by atoms with E-state index in [-0.39, 0.29) is 17.6 Å². The molecule has 1 atom stereocenters. The smallest absolute Gasteiger partial charge is 0.408 e. The lowest BCUT2D eigenvalue weighted by molar-refractivity contribution is -0.137. The molecule has 6 nitrogen and oxygen atoms in total. The van der Waals surface area contributed by atoms with E-state index in [2.05, 4.69) is 5.32 Å². The fourth-order valence-corrected chi connectivity index (χ4v) is 2.12. The van der Waals surface area contributed by atoms with Crippen molar-refractivity contribution in [2.75, 3.05) is 13.1 Å². The Balaban J connectivity index is 2.66. The summed E-state index contributed by atoms with van der Waals surface area (Å²) < 4.78 is 5.20. The molecular weight excluding hydrogens is 272 g/mol. The third kappa shape index (κ3) is 5.73. The quantitative estimate of drug-likeness (QED) is 0.861. The third-order valence-corrected chi connectivity index (χ3v) is 3.24. The Kier molecular flexibility index (Phi) is 5.75. The summed E-state index contributed by atoms with van der Waals surface area (Å²) in [5, 5.41) is 2.64. The van der Waals surface area contributed by atoms with Crippen molar-refractivity contribution >= 4 is 17.8 Å². The van der Waals surface area contributed by atoms with Gasteiger partial charge in [0.05, 0.1) is 0 Å². The molecule has 1 fully saturated rings. The zero-order chi connectivity index (χ0) is 16.2. The van der Waals surface area contributed by atoms with E-state index in [1.165, 1.54) is 0 Å². The second kappa shape index (κ2) is 6.91. The molecule has 1 N–H and O–H groups in total. The number of carbonyl (C=O) groups excluding carboxylic acids is 3. The lowest BCUT2D eigenvalue weighted by Crippen LogP contribution is -2.53. The Morgan fingerprint density at radius 1 is 1.19 bits per heavy atom. The normalized spacial score (nSPS) is 17.6. The monoisotopic (exact) mass is 298 g/mol. The van der Waals surface area contributed by atoms with Crippen LogP contribution in [0.4, 0.5) is 4.79 Å². The summed E-state index contributed by atoms with van der Waals surface area (Å²) in [7, 11) is 0. The highest BCUT2D eigenvalue weighted by molar-refractivity contribution is 5.88. The molecule has 21 heavy (non-hydrogen) atoms. The van der Waals surface area contributed by atoms with E-state index in [1.807, 2.05) is 13.8 Å². The van der Waals surface area contributed by atoms with E-state index in [1.54, 1.807) is 25.7 Å². The van der Waals surface area contributed by atoms with Crippen LogP contribution < -0.4 is 5.32 Å². The second-order valence-electron chi connectivity index (χ2n) is 6.73. The van der Waals surface area contributed by atoms with Gasteiger partial charge in [0.15, 0.2) is 0 Å². The van der Waals surface area contributed by atoms with Gasteiger partial charge in [0.1, 0.15) is 17.4 Å². The van der Waals surface area contributed by atoms with Gasteiger partial charge in [-0.05, 0) is 26.7 Å². The summed E-state index contributed by atoms with van der Waals surface area (Å²) in [5.41, 5.74) is -0.605. The average molecular weight is 298 g/mol. The van der Waals surface area contributed by atoms with Crippen molar-refractivity contribution in [2.24, 2.45) is 5.92 Å². The number of piperidine rings is 1. The zero-order valence-corrected chi connectivity index (χ0v) is 13.6. The van der Waals surface area contributed by atoms with Crippen LogP contribution in [-0.2, 0) is 14.3 Å². The number of likely N-dealkylation sites (tertiary alicyclic amines) is 1. The molecule has 0 saturated carbocycles. The van der Waals surface area contributed by atoms with Gasteiger partial charge in [-0.1, -0.05) is 13.8 Å². The molecule has 1 heterocycles. The molecule has 6 heteroatoms. The lowest BCUT2D eigenvalue weighted by Gasteiger charge is -2.32. The summed E-state index contributed by atoms with van der Waals surface area (Å²) in [6.45, 7) is 9.91. The SMILES string of the molecule is CC(C)C(NC(=O)OC(C)(C)C)C(=O)N1CCC(=O)CC1. The number of amides is 2. The molecule has 1 unspecified atom stereocenters. The summed E-state index contributed by atoms with van der Waals surface area (Å²) in [6.07, 6.45) is 0.189. The van der Waals surface area contributed by atoms with Crippen molar-refractivity contribution in [3.05, 3.63) is 0 Å². The number of Topliss-reactive ketones (excluding diaryl/α,β-unsaturated/α-hetero) is 1. The number of nitrogens with zero attached hydrogens (tertiary/aromatic N) is 1. The molecule has 2 amide bonds. The maximum atomic E-state index is 12.5. The first-order valence-corrected chi connectivity index (χ1v) is 7.40. The number of alkyl carbamates (subject to hydrolysis) is 1. The molecule has 1 aliphatic heterocycles. The van der Waals surface area contributed by atoms with Gasteiger partial charge in [-0.15, -0.1) is 0 Å². The first-order valence-electron chi connectivity index (χ1n) is 7.40. The number of nitrogens with one attached hydrogen (secondary N) is 1. The van der Waals surface area contributed by atoms with Gasteiger partial charge in [-0.3, -0.25) is 9.59 Å². The van der Waals surface area contributed by atoms with Crippen LogP contribution in [0.25, 0.3) is 0 Å². The van der Waals surface area contributed by atoms with Crippen molar-refractivity contribution in [3.8, 4) is 0 Å². The van der Waals surface area contributed by atoms with Crippen LogP contribution in [0.1, 0.15) is 47.5 Å². The van der Waals surface area contributed by atoms with Gasteiger partial charge in [0.2, 0.25) is 5.91 Å². The van der Waals surface area contributed by atoms with Crippen molar-refractivity contribution < 1.29 is 19.1 Å². The van der Waals surface area contributed by atoms with Crippen LogP contribution in [0.15, 0.2) is 0 Å². The highest BCUT2D eigenvalue weighted by Crippen LogP contribution is 2.13. The van der Waals surface area contributed by atoms with Crippen LogP contribution in [0.5, 0.6) is 0 Å². The first kappa shape index (κ1) is 17.5. The molecule has 1 aliphatic rings. The Morgan fingerprint density at radius 2 is 1.71 bits per heavy atom. The highest BCUT2D eigenvalue weighted by atomic mass is 16.6. The average Bonchev–Trinajstić information content (AvgIpc) is 2.33.